The summed E-state index contributed by atoms with van der Waals surface area (Å²) in [6, 6.07) is 15.3. The molecule has 1 heterocycles. The zero-order chi connectivity index (χ0) is 23.7. The van der Waals surface area contributed by atoms with E-state index in [4.69, 9.17) is 16.2 Å². The molecule has 0 aliphatic carbocycles. The van der Waals surface area contributed by atoms with E-state index in [0.29, 0.717) is 28.3 Å². The Labute approximate surface area is 189 Å². The molecular weight excluding hydrogens is 424 g/mol. The van der Waals surface area contributed by atoms with Crippen LogP contribution in [0.2, 0.25) is 0 Å². The molecule has 0 bridgehead atoms. The van der Waals surface area contributed by atoms with Crippen LogP contribution in [0.25, 0.3) is 22.0 Å². The second-order valence-corrected chi connectivity index (χ2v) is 7.70. The second kappa shape index (κ2) is 8.54. The summed E-state index contributed by atoms with van der Waals surface area (Å²) in [5, 5.41) is 21.5. The van der Waals surface area contributed by atoms with Gasteiger partial charge >= 0.3 is 5.97 Å². The van der Waals surface area contributed by atoms with Gasteiger partial charge in [-0.25, -0.2) is 0 Å². The number of hydrogen-bond donors (Lipinski definition) is 3. The standard InChI is InChI=1S/C24H22N4O5/c1-33-22-6-5-19(28(31)32)9-16(22)13-27-12-15(10-23(29)30)21-4-2-3-20(24(21)27)14-7-17(25)11-18(26)8-14/h2-9,11-12H,10,13,25-26H2,1H3,(H,29,30). The van der Waals surface area contributed by atoms with E-state index in [1.807, 2.05) is 22.8 Å². The Kier molecular flexibility index (Phi) is 5.61. The summed E-state index contributed by atoms with van der Waals surface area (Å²) >= 11 is 0. The third-order valence-electron chi connectivity index (χ3n) is 5.43. The summed E-state index contributed by atoms with van der Waals surface area (Å²) in [7, 11) is 1.50. The molecule has 1 aromatic heterocycles. The fourth-order valence-electron chi connectivity index (χ4n) is 4.11. The number of methoxy groups -OCH3 is 1. The molecule has 9 heteroatoms. The Hall–Kier alpha value is -4.53. The van der Waals surface area contributed by atoms with Gasteiger partial charge in [0.1, 0.15) is 5.75 Å². The molecule has 33 heavy (non-hydrogen) atoms. The topological polar surface area (TPSA) is 147 Å². The zero-order valence-corrected chi connectivity index (χ0v) is 17.8. The Morgan fingerprint density at radius 2 is 1.82 bits per heavy atom. The summed E-state index contributed by atoms with van der Waals surface area (Å²) in [6.07, 6.45) is 1.59. The van der Waals surface area contributed by atoms with E-state index in [0.717, 1.165) is 22.0 Å². The van der Waals surface area contributed by atoms with Crippen molar-refractivity contribution in [2.24, 2.45) is 0 Å². The number of aromatic nitrogens is 1. The minimum atomic E-state index is -0.958. The fourth-order valence-corrected chi connectivity index (χ4v) is 4.11. The number of rotatable bonds is 7. The highest BCUT2D eigenvalue weighted by Gasteiger charge is 2.18. The van der Waals surface area contributed by atoms with Crippen LogP contribution in [-0.4, -0.2) is 27.7 Å². The lowest BCUT2D eigenvalue weighted by Gasteiger charge is -2.13. The molecule has 4 rings (SSSR count). The van der Waals surface area contributed by atoms with Crippen LogP contribution < -0.4 is 16.2 Å². The number of non-ortho nitro benzene ring substituents is 1. The van der Waals surface area contributed by atoms with Crippen LogP contribution in [-0.2, 0) is 17.8 Å². The number of nitro benzene ring substituents is 1. The van der Waals surface area contributed by atoms with Crippen molar-refractivity contribution in [3.63, 3.8) is 0 Å². The molecule has 0 fully saturated rings. The molecule has 0 atom stereocenters. The number of nitro groups is 1. The predicted octanol–water partition coefficient (Wildman–Crippen LogP) is 4.06. The highest BCUT2D eigenvalue weighted by atomic mass is 16.6. The summed E-state index contributed by atoms with van der Waals surface area (Å²) in [5.74, 6) is -0.464. The van der Waals surface area contributed by atoms with Gasteiger partial charge in [0.2, 0.25) is 0 Å². The van der Waals surface area contributed by atoms with Crippen LogP contribution in [0, 0.1) is 10.1 Å². The minimum absolute atomic E-state index is 0.0585. The summed E-state index contributed by atoms with van der Waals surface area (Å²) < 4.78 is 7.30. The maximum atomic E-state index is 11.5. The van der Waals surface area contributed by atoms with Crippen molar-refractivity contribution in [2.75, 3.05) is 18.6 Å². The highest BCUT2D eigenvalue weighted by Crippen LogP contribution is 2.35. The third-order valence-corrected chi connectivity index (χ3v) is 5.43. The Bertz CT molecular complexity index is 1370. The predicted molar refractivity (Wildman–Crippen MR) is 126 cm³/mol. The molecule has 0 spiro atoms. The maximum Gasteiger partial charge on any atom is 0.307 e. The molecule has 0 aliphatic heterocycles. The van der Waals surface area contributed by atoms with Crippen molar-refractivity contribution in [2.45, 2.75) is 13.0 Å². The van der Waals surface area contributed by atoms with Crippen molar-refractivity contribution in [3.8, 4) is 16.9 Å². The normalized spacial score (nSPS) is 10.9. The molecule has 0 aliphatic rings. The van der Waals surface area contributed by atoms with Gasteiger partial charge in [0.15, 0.2) is 0 Å². The number of para-hydroxylation sites is 1. The number of fused-ring (bicyclic) bond motifs is 1. The number of carboxylic acids is 1. The molecule has 0 saturated heterocycles. The Morgan fingerprint density at radius 3 is 2.45 bits per heavy atom. The van der Waals surface area contributed by atoms with E-state index in [2.05, 4.69) is 0 Å². The lowest BCUT2D eigenvalue weighted by Crippen LogP contribution is -2.03. The van der Waals surface area contributed by atoms with E-state index in [1.165, 1.54) is 19.2 Å². The fraction of sp³-hybridized carbons (Fsp3) is 0.125. The number of anilines is 2. The van der Waals surface area contributed by atoms with Crippen molar-refractivity contribution >= 4 is 33.9 Å². The number of nitrogen functional groups attached to an aromatic ring is 2. The van der Waals surface area contributed by atoms with Gasteiger partial charge in [0, 0.05) is 46.2 Å². The molecule has 0 amide bonds. The lowest BCUT2D eigenvalue weighted by atomic mass is 10.00. The molecule has 0 radical (unpaired) electrons. The molecule has 5 N–H and O–H groups in total. The Balaban J connectivity index is 1.95. The first kappa shape index (κ1) is 21.7. The molecule has 4 aromatic rings. The van der Waals surface area contributed by atoms with Gasteiger partial charge in [-0.15, -0.1) is 0 Å². The smallest absolute Gasteiger partial charge is 0.307 e. The number of nitrogens with two attached hydrogens (primary N) is 2. The number of benzene rings is 3. The average Bonchev–Trinajstić information content (AvgIpc) is 3.09. The van der Waals surface area contributed by atoms with Gasteiger partial charge < -0.3 is 25.9 Å². The van der Waals surface area contributed by atoms with Crippen LogP contribution >= 0.6 is 0 Å². The summed E-state index contributed by atoms with van der Waals surface area (Å²) in [4.78, 5) is 22.4. The average molecular weight is 446 g/mol. The number of aliphatic carboxylic acids is 1. The molecular formula is C24H22N4O5. The third kappa shape index (κ3) is 4.29. The van der Waals surface area contributed by atoms with Crippen molar-refractivity contribution in [1.29, 1.82) is 0 Å². The van der Waals surface area contributed by atoms with Gasteiger partial charge in [0.05, 0.1) is 30.5 Å². The van der Waals surface area contributed by atoms with E-state index in [-0.39, 0.29) is 18.7 Å². The first-order valence-electron chi connectivity index (χ1n) is 10.1. The SMILES string of the molecule is COc1ccc([N+](=O)[O-])cc1Cn1cc(CC(=O)O)c2cccc(-c3cc(N)cc(N)c3)c21. The van der Waals surface area contributed by atoms with E-state index >= 15 is 0 Å². The number of hydrogen-bond acceptors (Lipinski definition) is 6. The van der Waals surface area contributed by atoms with Crippen molar-refractivity contribution in [3.05, 3.63) is 82.0 Å². The van der Waals surface area contributed by atoms with Crippen LogP contribution in [0.3, 0.4) is 0 Å². The lowest BCUT2D eigenvalue weighted by molar-refractivity contribution is -0.384. The number of carboxylic acid groups (broad SMARTS) is 1. The first-order chi connectivity index (χ1) is 15.8. The van der Waals surface area contributed by atoms with Gasteiger partial charge in [-0.05, 0) is 35.4 Å². The number of carbonyl (C=O) groups is 1. The van der Waals surface area contributed by atoms with E-state index in [9.17, 15) is 20.0 Å². The molecule has 3 aromatic carbocycles. The number of nitrogens with zero attached hydrogens (tertiary/aromatic N) is 2. The number of ether oxygens (including phenoxy) is 1. The highest BCUT2D eigenvalue weighted by molar-refractivity contribution is 5.99. The monoisotopic (exact) mass is 446 g/mol. The summed E-state index contributed by atoms with van der Waals surface area (Å²) in [6.45, 7) is 0.232. The zero-order valence-electron chi connectivity index (χ0n) is 17.8. The minimum Gasteiger partial charge on any atom is -0.496 e. The Morgan fingerprint density at radius 1 is 1.09 bits per heavy atom. The second-order valence-electron chi connectivity index (χ2n) is 7.70. The van der Waals surface area contributed by atoms with Gasteiger partial charge in [-0.1, -0.05) is 18.2 Å². The van der Waals surface area contributed by atoms with E-state index < -0.39 is 10.9 Å². The molecule has 168 valence electrons. The summed E-state index contributed by atoms with van der Waals surface area (Å²) in [5.41, 5.74) is 16.6. The van der Waals surface area contributed by atoms with Crippen molar-refractivity contribution < 1.29 is 19.6 Å². The molecule has 0 saturated carbocycles. The maximum absolute atomic E-state index is 11.5. The van der Waals surface area contributed by atoms with Crippen LogP contribution in [0.5, 0.6) is 5.75 Å². The van der Waals surface area contributed by atoms with Crippen LogP contribution in [0.1, 0.15) is 11.1 Å². The molecule has 9 nitrogen and oxygen atoms in total. The quantitative estimate of drug-likeness (QED) is 0.220. The van der Waals surface area contributed by atoms with Crippen molar-refractivity contribution in [1.82, 2.24) is 4.57 Å². The van der Waals surface area contributed by atoms with Crippen LogP contribution in [0.15, 0.2) is 60.8 Å². The van der Waals surface area contributed by atoms with Gasteiger partial charge in [-0.3, -0.25) is 14.9 Å². The largest absolute Gasteiger partial charge is 0.496 e. The molecule has 0 unspecified atom stereocenters. The van der Waals surface area contributed by atoms with Gasteiger partial charge in [0.25, 0.3) is 5.69 Å². The first-order valence-corrected chi connectivity index (χ1v) is 10.1. The van der Waals surface area contributed by atoms with E-state index in [1.54, 1.807) is 30.5 Å². The van der Waals surface area contributed by atoms with Gasteiger partial charge in [-0.2, -0.15) is 0 Å². The van der Waals surface area contributed by atoms with Crippen LogP contribution in [0.4, 0.5) is 17.1 Å².